The van der Waals surface area contributed by atoms with Crippen LogP contribution >= 0.6 is 11.8 Å². The number of benzene rings is 1. The van der Waals surface area contributed by atoms with Crippen molar-refractivity contribution in [3.05, 3.63) is 52.2 Å². The van der Waals surface area contributed by atoms with Crippen molar-refractivity contribution in [3.8, 4) is 5.75 Å². The molecule has 0 radical (unpaired) electrons. The number of halogens is 3. The maximum atomic E-state index is 14.2. The Kier molecular flexibility index (Phi) is 7.16. The van der Waals surface area contributed by atoms with E-state index in [1.807, 2.05) is 0 Å². The van der Waals surface area contributed by atoms with Crippen LogP contribution < -0.4 is 4.74 Å². The zero-order valence-corrected chi connectivity index (χ0v) is 20.4. The molecule has 1 amide bonds. The number of allylic oxidation sites excluding steroid dienone is 1. The minimum Gasteiger partial charge on any atom is -0.497 e. The maximum absolute atomic E-state index is 14.2. The van der Waals surface area contributed by atoms with Crippen LogP contribution in [0.5, 0.6) is 5.75 Å². The molecule has 1 aromatic carbocycles. The van der Waals surface area contributed by atoms with Crippen LogP contribution in [-0.2, 0) is 14.3 Å². The molecule has 0 N–H and O–H groups in total. The fourth-order valence-corrected chi connectivity index (χ4v) is 5.21. The number of aliphatic imine (C=N–C) groups is 1. The Morgan fingerprint density at radius 1 is 1.17 bits per heavy atom. The third-order valence-electron chi connectivity index (χ3n) is 5.86. The van der Waals surface area contributed by atoms with E-state index in [1.165, 1.54) is 7.11 Å². The molecule has 1 aromatic rings. The van der Waals surface area contributed by atoms with Crippen molar-refractivity contribution < 1.29 is 32.2 Å². The van der Waals surface area contributed by atoms with Gasteiger partial charge in [0.05, 0.1) is 31.2 Å². The average molecular weight is 510 g/mol. The van der Waals surface area contributed by atoms with E-state index in [0.29, 0.717) is 30.1 Å². The number of methoxy groups -OCH3 is 1. The number of carbonyl (C=O) groups is 2. The van der Waals surface area contributed by atoms with Crippen LogP contribution in [0.25, 0.3) is 0 Å². The average Bonchev–Trinajstić information content (AvgIpc) is 3.47. The van der Waals surface area contributed by atoms with E-state index < -0.39 is 35.6 Å². The first-order valence-electron chi connectivity index (χ1n) is 11.3. The Hall–Kier alpha value is -2.95. The molecule has 0 bridgehead atoms. The molecule has 3 aliphatic rings. The summed E-state index contributed by atoms with van der Waals surface area (Å²) in [6.07, 6.45) is -3.68. The number of thioether (sulfide) groups is 1. The van der Waals surface area contributed by atoms with Crippen LogP contribution in [0.1, 0.15) is 44.7 Å². The molecule has 1 saturated heterocycles. The third kappa shape index (κ3) is 5.19. The van der Waals surface area contributed by atoms with Crippen LogP contribution in [0.15, 0.2) is 51.6 Å². The lowest BCUT2D eigenvalue weighted by Gasteiger charge is -2.37. The van der Waals surface area contributed by atoms with Gasteiger partial charge in [0.25, 0.3) is 0 Å². The summed E-state index contributed by atoms with van der Waals surface area (Å²) in [7, 11) is 1.48. The molecule has 11 heteroatoms. The lowest BCUT2D eigenvalue weighted by molar-refractivity contribution is -0.144. The Labute approximate surface area is 205 Å². The predicted octanol–water partition coefficient (Wildman–Crippen LogP) is 4.78. The van der Waals surface area contributed by atoms with Crippen LogP contribution in [-0.4, -0.2) is 59.3 Å². The number of likely N-dealkylation sites (tertiary alicyclic amines) is 1. The van der Waals surface area contributed by atoms with Crippen molar-refractivity contribution in [1.82, 2.24) is 9.80 Å². The number of esters is 1. The van der Waals surface area contributed by atoms with Gasteiger partial charge in [0.1, 0.15) is 5.75 Å². The molecule has 0 unspecified atom stereocenters. The first-order valence-corrected chi connectivity index (χ1v) is 12.2. The summed E-state index contributed by atoms with van der Waals surface area (Å²) in [6, 6.07) is 5.25. The number of amides is 1. The number of nitrogens with zero attached hydrogens (tertiary/aromatic N) is 3. The molecule has 4 rings (SSSR count). The van der Waals surface area contributed by atoms with Crippen molar-refractivity contribution in [1.29, 1.82) is 0 Å². The summed E-state index contributed by atoms with van der Waals surface area (Å²) in [5, 5.41) is 1.69. The van der Waals surface area contributed by atoms with Crippen molar-refractivity contribution in [2.24, 2.45) is 4.99 Å². The SMILES string of the molecule is COc1ccc([C@@H]2C(C(=O)OC(C)C)=C(C(F)(F)F)N=C3SC=C(CC(=O)N4CCCC4)N32)cc1. The number of fused-ring (bicyclic) bond motifs is 1. The molecule has 0 saturated carbocycles. The fraction of sp³-hybridized carbons (Fsp3) is 0.458. The van der Waals surface area contributed by atoms with Crippen LogP contribution in [0, 0.1) is 0 Å². The summed E-state index contributed by atoms with van der Waals surface area (Å²) in [5.74, 6) is -0.695. The zero-order valence-electron chi connectivity index (χ0n) is 19.6. The number of carbonyl (C=O) groups excluding carboxylic acids is 2. The normalized spacial score (nSPS) is 20.1. The minimum absolute atomic E-state index is 0.00741. The lowest BCUT2D eigenvalue weighted by Crippen LogP contribution is -2.40. The van der Waals surface area contributed by atoms with Crippen LogP contribution in [0.4, 0.5) is 13.2 Å². The largest absolute Gasteiger partial charge is 0.497 e. The van der Waals surface area contributed by atoms with Crippen LogP contribution in [0.3, 0.4) is 0 Å². The molecular formula is C24H26F3N3O4S. The molecule has 0 aromatic heterocycles. The molecule has 188 valence electrons. The Morgan fingerprint density at radius 3 is 2.40 bits per heavy atom. The molecule has 3 heterocycles. The van der Waals surface area contributed by atoms with Gasteiger partial charge in [-0.1, -0.05) is 23.9 Å². The molecule has 0 aliphatic carbocycles. The van der Waals surface area contributed by atoms with Gasteiger partial charge >= 0.3 is 12.1 Å². The van der Waals surface area contributed by atoms with Crippen LogP contribution in [0.2, 0.25) is 0 Å². The number of amidine groups is 1. The lowest BCUT2D eigenvalue weighted by atomic mass is 9.93. The highest BCUT2D eigenvalue weighted by Crippen LogP contribution is 2.48. The Balaban J connectivity index is 1.81. The Bertz CT molecular complexity index is 1090. The topological polar surface area (TPSA) is 71.4 Å². The third-order valence-corrected chi connectivity index (χ3v) is 6.75. The van der Waals surface area contributed by atoms with Gasteiger partial charge in [-0.25, -0.2) is 9.79 Å². The van der Waals surface area contributed by atoms with Crippen molar-refractivity contribution >= 4 is 28.8 Å². The summed E-state index contributed by atoms with van der Waals surface area (Å²) in [5.41, 5.74) is -0.995. The number of hydrogen-bond acceptors (Lipinski definition) is 7. The smallest absolute Gasteiger partial charge is 0.434 e. The zero-order chi connectivity index (χ0) is 25.3. The number of hydrogen-bond donors (Lipinski definition) is 0. The standard InChI is InChI=1S/C24H26F3N3O4S/c1-14(2)34-22(32)19-20(15-6-8-17(33-3)9-7-15)30-16(12-18(31)29-10-4-5-11-29)13-35-23(30)28-21(19)24(25,26)27/h6-9,13-14,20H,4-5,10-12H2,1-3H3/t20-/m1/s1. The van der Waals surface area contributed by atoms with E-state index >= 15 is 0 Å². The molecule has 0 spiro atoms. The van der Waals surface area contributed by atoms with Crippen molar-refractivity contribution in [3.63, 3.8) is 0 Å². The van der Waals surface area contributed by atoms with E-state index in [0.717, 1.165) is 24.6 Å². The van der Waals surface area contributed by atoms with E-state index in [2.05, 4.69) is 4.99 Å². The van der Waals surface area contributed by atoms with Gasteiger partial charge in [0.15, 0.2) is 10.9 Å². The summed E-state index contributed by atoms with van der Waals surface area (Å²) in [4.78, 5) is 33.1. The van der Waals surface area contributed by atoms with Gasteiger partial charge in [0.2, 0.25) is 5.91 Å². The fourth-order valence-electron chi connectivity index (χ4n) is 4.29. The van der Waals surface area contributed by atoms with Gasteiger partial charge in [-0.3, -0.25) is 4.79 Å². The molecule has 7 nitrogen and oxygen atoms in total. The van der Waals surface area contributed by atoms with Gasteiger partial charge < -0.3 is 19.3 Å². The van der Waals surface area contributed by atoms with Gasteiger partial charge in [0, 0.05) is 18.8 Å². The second-order valence-electron chi connectivity index (χ2n) is 8.65. The number of rotatable bonds is 6. The summed E-state index contributed by atoms with van der Waals surface area (Å²) < 4.78 is 52.9. The van der Waals surface area contributed by atoms with E-state index in [-0.39, 0.29) is 17.5 Å². The molecule has 1 fully saturated rings. The predicted molar refractivity (Wildman–Crippen MR) is 125 cm³/mol. The van der Waals surface area contributed by atoms with E-state index in [4.69, 9.17) is 9.47 Å². The highest BCUT2D eigenvalue weighted by molar-refractivity contribution is 8.16. The van der Waals surface area contributed by atoms with Crippen molar-refractivity contribution in [2.75, 3.05) is 20.2 Å². The second kappa shape index (κ2) is 9.96. The van der Waals surface area contributed by atoms with Gasteiger partial charge in [-0.05, 0) is 49.8 Å². The molecule has 1 atom stereocenters. The number of alkyl halides is 3. The Morgan fingerprint density at radius 2 is 1.83 bits per heavy atom. The quantitative estimate of drug-likeness (QED) is 0.515. The molecular weight excluding hydrogens is 483 g/mol. The first-order chi connectivity index (χ1) is 16.6. The number of ether oxygens (including phenoxy) is 2. The molecule has 35 heavy (non-hydrogen) atoms. The highest BCUT2D eigenvalue weighted by Gasteiger charge is 2.49. The summed E-state index contributed by atoms with van der Waals surface area (Å²) >= 11 is 1.00. The second-order valence-corrected chi connectivity index (χ2v) is 9.48. The van der Waals surface area contributed by atoms with Gasteiger partial charge in [-0.2, -0.15) is 13.2 Å². The van der Waals surface area contributed by atoms with E-state index in [9.17, 15) is 22.8 Å². The maximum Gasteiger partial charge on any atom is 0.434 e. The van der Waals surface area contributed by atoms with Crippen molar-refractivity contribution in [2.45, 2.75) is 51.4 Å². The monoisotopic (exact) mass is 509 g/mol. The summed E-state index contributed by atoms with van der Waals surface area (Å²) in [6.45, 7) is 4.45. The minimum atomic E-state index is -4.89. The van der Waals surface area contributed by atoms with E-state index in [1.54, 1.807) is 53.3 Å². The van der Waals surface area contributed by atoms with Gasteiger partial charge in [-0.15, -0.1) is 0 Å². The molecule has 3 aliphatic heterocycles. The highest BCUT2D eigenvalue weighted by atomic mass is 32.2. The first kappa shape index (κ1) is 25.2.